The Hall–Kier alpha value is -1.30. The largest absolute Gasteiger partial charge is 0.573 e. The van der Waals surface area contributed by atoms with Gasteiger partial charge in [0, 0.05) is 11.6 Å². The molecule has 1 aromatic carbocycles. The molecule has 1 N–H and O–H groups in total. The van der Waals surface area contributed by atoms with Crippen molar-refractivity contribution in [2.24, 2.45) is 0 Å². The smallest absolute Gasteiger partial charge is 0.406 e. The molecule has 17 heavy (non-hydrogen) atoms. The standard InChI is InChI=1S/C11H11F4NO/c12-9-4-3-7(17-11(13,14)15)6-8(9)10-2-1-5-16-10/h3-4,6,10,16H,1-2,5H2/t10-/m1/s1. The number of hydrogen-bond donors (Lipinski definition) is 1. The van der Waals surface area contributed by atoms with Crippen molar-refractivity contribution in [3.05, 3.63) is 29.6 Å². The fourth-order valence-corrected chi connectivity index (χ4v) is 1.94. The zero-order valence-corrected chi connectivity index (χ0v) is 8.85. The molecular formula is C11H11F4NO. The Labute approximate surface area is 95.6 Å². The molecule has 2 nitrogen and oxygen atoms in total. The minimum Gasteiger partial charge on any atom is -0.406 e. The maximum atomic E-state index is 13.5. The van der Waals surface area contributed by atoms with Crippen LogP contribution in [0, 0.1) is 5.82 Å². The van der Waals surface area contributed by atoms with Crippen LogP contribution in [0.4, 0.5) is 17.6 Å². The molecule has 0 aliphatic carbocycles. The number of nitrogens with one attached hydrogen (secondary N) is 1. The van der Waals surface area contributed by atoms with Gasteiger partial charge in [0.15, 0.2) is 0 Å². The van der Waals surface area contributed by atoms with Crippen LogP contribution in [0.15, 0.2) is 18.2 Å². The Balaban J connectivity index is 2.22. The highest BCUT2D eigenvalue weighted by Crippen LogP contribution is 2.30. The highest BCUT2D eigenvalue weighted by Gasteiger charge is 2.31. The van der Waals surface area contributed by atoms with E-state index < -0.39 is 12.2 Å². The summed E-state index contributed by atoms with van der Waals surface area (Å²) in [6, 6.07) is 2.84. The van der Waals surface area contributed by atoms with Crippen molar-refractivity contribution in [3.8, 4) is 5.75 Å². The van der Waals surface area contributed by atoms with E-state index in [1.807, 2.05) is 0 Å². The van der Waals surface area contributed by atoms with E-state index in [0.29, 0.717) is 6.42 Å². The minimum atomic E-state index is -4.75. The van der Waals surface area contributed by atoms with Gasteiger partial charge in [-0.25, -0.2) is 4.39 Å². The molecule has 6 heteroatoms. The molecule has 1 aliphatic heterocycles. The van der Waals surface area contributed by atoms with Crippen LogP contribution in [0.3, 0.4) is 0 Å². The summed E-state index contributed by atoms with van der Waals surface area (Å²) < 4.78 is 53.3. The lowest BCUT2D eigenvalue weighted by atomic mass is 10.0. The molecule has 0 unspecified atom stereocenters. The second-order valence-corrected chi connectivity index (χ2v) is 3.88. The second kappa shape index (κ2) is 4.52. The van der Waals surface area contributed by atoms with Crippen LogP contribution < -0.4 is 10.1 Å². The quantitative estimate of drug-likeness (QED) is 0.813. The van der Waals surface area contributed by atoms with Gasteiger partial charge < -0.3 is 10.1 Å². The van der Waals surface area contributed by atoms with Crippen molar-refractivity contribution in [2.45, 2.75) is 25.2 Å². The maximum Gasteiger partial charge on any atom is 0.573 e. The summed E-state index contributed by atoms with van der Waals surface area (Å²) in [7, 11) is 0. The van der Waals surface area contributed by atoms with Gasteiger partial charge in [-0.2, -0.15) is 0 Å². The van der Waals surface area contributed by atoms with E-state index in [9.17, 15) is 17.6 Å². The van der Waals surface area contributed by atoms with Crippen molar-refractivity contribution in [1.82, 2.24) is 5.32 Å². The van der Waals surface area contributed by atoms with Gasteiger partial charge in [-0.3, -0.25) is 0 Å². The molecule has 1 aromatic rings. The van der Waals surface area contributed by atoms with Crippen molar-refractivity contribution in [2.75, 3.05) is 6.54 Å². The number of hydrogen-bond acceptors (Lipinski definition) is 2. The summed E-state index contributed by atoms with van der Waals surface area (Å²) >= 11 is 0. The molecule has 94 valence electrons. The van der Waals surface area contributed by atoms with Crippen LogP contribution in [0.2, 0.25) is 0 Å². The Bertz CT molecular complexity index is 399. The first kappa shape index (κ1) is 12.2. The van der Waals surface area contributed by atoms with Gasteiger partial charge in [0.2, 0.25) is 0 Å². The molecule has 1 atom stereocenters. The average molecular weight is 249 g/mol. The highest BCUT2D eigenvalue weighted by atomic mass is 19.4. The van der Waals surface area contributed by atoms with Gasteiger partial charge in [-0.15, -0.1) is 13.2 Å². The topological polar surface area (TPSA) is 21.3 Å². The highest BCUT2D eigenvalue weighted by molar-refractivity contribution is 5.32. The number of ether oxygens (including phenoxy) is 1. The lowest BCUT2D eigenvalue weighted by Gasteiger charge is -2.14. The molecular weight excluding hydrogens is 238 g/mol. The van der Waals surface area contributed by atoms with Crippen LogP contribution in [0.5, 0.6) is 5.75 Å². The van der Waals surface area contributed by atoms with E-state index in [-0.39, 0.29) is 17.4 Å². The monoisotopic (exact) mass is 249 g/mol. The van der Waals surface area contributed by atoms with E-state index in [1.165, 1.54) is 0 Å². The number of alkyl halides is 3. The number of rotatable bonds is 2. The summed E-state index contributed by atoms with van der Waals surface area (Å²) in [6.45, 7) is 0.745. The summed E-state index contributed by atoms with van der Waals surface area (Å²) in [4.78, 5) is 0. The summed E-state index contributed by atoms with van der Waals surface area (Å²) in [5.41, 5.74) is 0.226. The molecule has 1 saturated heterocycles. The number of halogens is 4. The predicted octanol–water partition coefficient (Wildman–Crippen LogP) is 3.15. The molecule has 0 aromatic heterocycles. The second-order valence-electron chi connectivity index (χ2n) is 3.88. The Morgan fingerprint density at radius 2 is 2.06 bits per heavy atom. The zero-order chi connectivity index (χ0) is 12.5. The fourth-order valence-electron chi connectivity index (χ4n) is 1.94. The first-order valence-electron chi connectivity index (χ1n) is 5.24. The van der Waals surface area contributed by atoms with Crippen LogP contribution in [-0.4, -0.2) is 12.9 Å². The normalized spacial score (nSPS) is 20.6. The van der Waals surface area contributed by atoms with E-state index in [1.54, 1.807) is 0 Å². The van der Waals surface area contributed by atoms with Gasteiger partial charge in [-0.05, 0) is 37.6 Å². The van der Waals surface area contributed by atoms with Gasteiger partial charge in [0.05, 0.1) is 0 Å². The summed E-state index contributed by atoms with van der Waals surface area (Å²) in [5.74, 6) is -0.901. The summed E-state index contributed by atoms with van der Waals surface area (Å²) in [6.07, 6.45) is -3.15. The predicted molar refractivity (Wildman–Crippen MR) is 53.1 cm³/mol. The molecule has 0 saturated carbocycles. The van der Waals surface area contributed by atoms with Gasteiger partial charge in [0.1, 0.15) is 11.6 Å². The molecule has 2 rings (SSSR count). The molecule has 1 fully saturated rings. The molecule has 0 radical (unpaired) electrons. The fraction of sp³-hybridized carbons (Fsp3) is 0.455. The van der Waals surface area contributed by atoms with Gasteiger partial charge in [-0.1, -0.05) is 0 Å². The van der Waals surface area contributed by atoms with Gasteiger partial charge >= 0.3 is 6.36 Å². The Kier molecular flexibility index (Phi) is 3.24. The molecule has 1 aliphatic rings. The van der Waals surface area contributed by atoms with Gasteiger partial charge in [0.25, 0.3) is 0 Å². The van der Waals surface area contributed by atoms with Crippen LogP contribution in [0.1, 0.15) is 24.4 Å². The molecule has 1 heterocycles. The third-order valence-electron chi connectivity index (χ3n) is 2.64. The zero-order valence-electron chi connectivity index (χ0n) is 8.85. The van der Waals surface area contributed by atoms with Crippen molar-refractivity contribution < 1.29 is 22.3 Å². The van der Waals surface area contributed by atoms with Crippen molar-refractivity contribution in [1.29, 1.82) is 0 Å². The third kappa shape index (κ3) is 3.09. The molecule has 0 spiro atoms. The minimum absolute atomic E-state index is 0.226. The van der Waals surface area contributed by atoms with Crippen LogP contribution in [-0.2, 0) is 0 Å². The molecule has 0 amide bonds. The van der Waals surface area contributed by atoms with E-state index in [4.69, 9.17) is 0 Å². The summed E-state index contributed by atoms with van der Waals surface area (Å²) in [5, 5.41) is 3.03. The van der Waals surface area contributed by atoms with Crippen LogP contribution >= 0.6 is 0 Å². The van der Waals surface area contributed by atoms with Crippen molar-refractivity contribution >= 4 is 0 Å². The Morgan fingerprint density at radius 3 is 2.65 bits per heavy atom. The lowest BCUT2D eigenvalue weighted by molar-refractivity contribution is -0.274. The van der Waals surface area contributed by atoms with E-state index in [0.717, 1.165) is 31.2 Å². The first-order chi connectivity index (χ1) is 7.96. The van der Waals surface area contributed by atoms with Crippen LogP contribution in [0.25, 0.3) is 0 Å². The van der Waals surface area contributed by atoms with E-state index >= 15 is 0 Å². The lowest BCUT2D eigenvalue weighted by Crippen LogP contribution is -2.18. The Morgan fingerprint density at radius 1 is 1.29 bits per heavy atom. The third-order valence-corrected chi connectivity index (χ3v) is 2.64. The van der Waals surface area contributed by atoms with E-state index in [2.05, 4.69) is 10.1 Å². The SMILES string of the molecule is Fc1ccc(OC(F)(F)F)cc1[C@H]1CCCN1. The number of benzene rings is 1. The average Bonchev–Trinajstić information content (AvgIpc) is 2.72. The van der Waals surface area contributed by atoms with Crippen molar-refractivity contribution in [3.63, 3.8) is 0 Å². The first-order valence-corrected chi connectivity index (χ1v) is 5.24. The maximum absolute atomic E-state index is 13.5. The molecule has 0 bridgehead atoms.